The molecule has 0 bridgehead atoms. The molecule has 1 aliphatic rings. The Labute approximate surface area is 111 Å². The maximum atomic E-state index is 13.8. The Kier molecular flexibility index (Phi) is 3.88. The second-order valence-electron chi connectivity index (χ2n) is 5.46. The van der Waals surface area contributed by atoms with Crippen molar-refractivity contribution in [2.24, 2.45) is 17.1 Å². The Morgan fingerprint density at radius 2 is 2.29 bits per heavy atom. The van der Waals surface area contributed by atoms with E-state index in [1.165, 1.54) is 12.5 Å². The molecule has 0 heterocycles. The molecule has 1 saturated carbocycles. The van der Waals surface area contributed by atoms with Gasteiger partial charge in [-0.25, -0.2) is 4.39 Å². The van der Waals surface area contributed by atoms with Crippen molar-refractivity contribution in [2.45, 2.75) is 32.6 Å². The second-order valence-corrected chi connectivity index (χ2v) is 6.38. The minimum Gasteiger partial charge on any atom is -0.330 e. The van der Waals surface area contributed by atoms with Crippen molar-refractivity contribution in [3.63, 3.8) is 0 Å². The fraction of sp³-hybridized carbons (Fsp3) is 0.571. The van der Waals surface area contributed by atoms with Crippen LogP contribution in [0.5, 0.6) is 0 Å². The van der Waals surface area contributed by atoms with Gasteiger partial charge < -0.3 is 5.73 Å². The van der Waals surface area contributed by atoms with Gasteiger partial charge in [0.25, 0.3) is 0 Å². The SMILES string of the molecule is CC1CCC(CN)(Cc2cc(Br)ccc2F)C1. The van der Waals surface area contributed by atoms with E-state index in [4.69, 9.17) is 5.73 Å². The van der Waals surface area contributed by atoms with Gasteiger partial charge in [0.2, 0.25) is 0 Å². The van der Waals surface area contributed by atoms with Gasteiger partial charge in [-0.15, -0.1) is 0 Å². The predicted molar refractivity (Wildman–Crippen MR) is 72.3 cm³/mol. The summed E-state index contributed by atoms with van der Waals surface area (Å²) in [4.78, 5) is 0. The van der Waals surface area contributed by atoms with Gasteiger partial charge in [-0.2, -0.15) is 0 Å². The van der Waals surface area contributed by atoms with Crippen LogP contribution in [0.25, 0.3) is 0 Å². The molecule has 0 amide bonds. The van der Waals surface area contributed by atoms with Crippen molar-refractivity contribution in [1.82, 2.24) is 0 Å². The number of nitrogens with two attached hydrogens (primary N) is 1. The number of benzene rings is 1. The van der Waals surface area contributed by atoms with E-state index < -0.39 is 0 Å². The number of halogens is 2. The summed E-state index contributed by atoms with van der Waals surface area (Å²) in [7, 11) is 0. The number of hydrogen-bond acceptors (Lipinski definition) is 1. The largest absolute Gasteiger partial charge is 0.330 e. The van der Waals surface area contributed by atoms with Crippen LogP contribution >= 0.6 is 15.9 Å². The third-order valence-electron chi connectivity index (χ3n) is 3.96. The highest BCUT2D eigenvalue weighted by Gasteiger charge is 2.36. The average Bonchev–Trinajstić information content (AvgIpc) is 2.66. The van der Waals surface area contributed by atoms with Crippen molar-refractivity contribution in [3.05, 3.63) is 34.1 Å². The van der Waals surface area contributed by atoms with E-state index in [0.29, 0.717) is 12.5 Å². The van der Waals surface area contributed by atoms with Crippen LogP contribution in [0.4, 0.5) is 4.39 Å². The molecule has 0 aliphatic heterocycles. The monoisotopic (exact) mass is 299 g/mol. The van der Waals surface area contributed by atoms with Crippen LogP contribution in [-0.2, 0) is 6.42 Å². The maximum Gasteiger partial charge on any atom is 0.126 e. The minimum atomic E-state index is -0.111. The van der Waals surface area contributed by atoms with Crippen LogP contribution in [-0.4, -0.2) is 6.54 Å². The van der Waals surface area contributed by atoms with Gasteiger partial charge in [-0.1, -0.05) is 29.3 Å². The third-order valence-corrected chi connectivity index (χ3v) is 4.45. The fourth-order valence-corrected chi connectivity index (χ4v) is 3.41. The van der Waals surface area contributed by atoms with E-state index in [-0.39, 0.29) is 11.2 Å². The van der Waals surface area contributed by atoms with Gasteiger partial charge in [0.1, 0.15) is 5.82 Å². The first-order valence-corrected chi connectivity index (χ1v) is 6.98. The van der Waals surface area contributed by atoms with E-state index in [1.807, 2.05) is 6.07 Å². The van der Waals surface area contributed by atoms with E-state index in [0.717, 1.165) is 29.3 Å². The zero-order valence-electron chi connectivity index (χ0n) is 10.2. The van der Waals surface area contributed by atoms with Crippen molar-refractivity contribution in [2.75, 3.05) is 6.54 Å². The molecular weight excluding hydrogens is 281 g/mol. The van der Waals surface area contributed by atoms with Crippen LogP contribution in [0.3, 0.4) is 0 Å². The Morgan fingerprint density at radius 3 is 2.88 bits per heavy atom. The third kappa shape index (κ3) is 2.89. The van der Waals surface area contributed by atoms with Gasteiger partial charge >= 0.3 is 0 Å². The lowest BCUT2D eigenvalue weighted by molar-refractivity contribution is 0.292. The van der Waals surface area contributed by atoms with Crippen LogP contribution in [0.1, 0.15) is 31.7 Å². The van der Waals surface area contributed by atoms with Crippen LogP contribution < -0.4 is 5.73 Å². The van der Waals surface area contributed by atoms with Crippen molar-refractivity contribution < 1.29 is 4.39 Å². The maximum absolute atomic E-state index is 13.8. The van der Waals surface area contributed by atoms with Gasteiger partial charge in [-0.05, 0) is 60.9 Å². The standard InChI is InChI=1S/C14H19BrFN/c1-10-4-5-14(7-10,9-17)8-11-6-12(15)2-3-13(11)16/h2-3,6,10H,4-5,7-9,17H2,1H3. The molecule has 3 heteroatoms. The molecule has 2 unspecified atom stereocenters. The quantitative estimate of drug-likeness (QED) is 0.900. The molecule has 2 atom stereocenters. The fourth-order valence-electron chi connectivity index (χ4n) is 3.00. The zero-order chi connectivity index (χ0) is 12.5. The lowest BCUT2D eigenvalue weighted by atomic mass is 9.79. The molecule has 94 valence electrons. The summed E-state index contributed by atoms with van der Waals surface area (Å²) in [5.74, 6) is 0.606. The first-order chi connectivity index (χ1) is 8.04. The number of rotatable bonds is 3. The van der Waals surface area contributed by atoms with Gasteiger partial charge in [0.05, 0.1) is 0 Å². The van der Waals surface area contributed by atoms with Gasteiger partial charge in [0.15, 0.2) is 0 Å². The molecule has 2 rings (SSSR count). The Bertz CT molecular complexity index is 407. The summed E-state index contributed by atoms with van der Waals surface area (Å²) in [6.07, 6.45) is 4.22. The Hall–Kier alpha value is -0.410. The number of hydrogen-bond donors (Lipinski definition) is 1. The first-order valence-electron chi connectivity index (χ1n) is 6.19. The molecular formula is C14H19BrFN. The molecule has 1 aliphatic carbocycles. The van der Waals surface area contributed by atoms with E-state index in [9.17, 15) is 4.39 Å². The van der Waals surface area contributed by atoms with Gasteiger partial charge in [-0.3, -0.25) is 0 Å². The van der Waals surface area contributed by atoms with E-state index >= 15 is 0 Å². The molecule has 1 aromatic carbocycles. The Morgan fingerprint density at radius 1 is 1.53 bits per heavy atom. The lowest BCUT2D eigenvalue weighted by Crippen LogP contribution is -2.30. The summed E-state index contributed by atoms with van der Waals surface area (Å²) in [6.45, 7) is 2.91. The summed E-state index contributed by atoms with van der Waals surface area (Å²) >= 11 is 3.40. The van der Waals surface area contributed by atoms with Crippen LogP contribution in [0.15, 0.2) is 22.7 Å². The van der Waals surface area contributed by atoms with Gasteiger partial charge in [0, 0.05) is 4.47 Å². The summed E-state index contributed by atoms with van der Waals surface area (Å²) < 4.78 is 14.7. The van der Waals surface area contributed by atoms with Crippen molar-refractivity contribution >= 4 is 15.9 Å². The molecule has 2 N–H and O–H groups in total. The Balaban J connectivity index is 2.21. The zero-order valence-corrected chi connectivity index (χ0v) is 11.8. The molecule has 0 aromatic heterocycles. The highest BCUT2D eigenvalue weighted by Crippen LogP contribution is 2.43. The van der Waals surface area contributed by atoms with Crippen molar-refractivity contribution in [1.29, 1.82) is 0 Å². The topological polar surface area (TPSA) is 26.0 Å². The lowest BCUT2D eigenvalue weighted by Gasteiger charge is -2.28. The molecule has 1 aromatic rings. The van der Waals surface area contributed by atoms with Crippen molar-refractivity contribution in [3.8, 4) is 0 Å². The molecule has 0 saturated heterocycles. The highest BCUT2D eigenvalue weighted by atomic mass is 79.9. The molecule has 1 fully saturated rings. The van der Waals surface area contributed by atoms with Crippen LogP contribution in [0.2, 0.25) is 0 Å². The first kappa shape index (κ1) is 13.0. The molecule has 0 spiro atoms. The second kappa shape index (κ2) is 5.07. The minimum absolute atomic E-state index is 0.111. The molecule has 0 radical (unpaired) electrons. The molecule has 1 nitrogen and oxygen atoms in total. The van der Waals surface area contributed by atoms with Crippen LogP contribution in [0, 0.1) is 17.2 Å². The smallest absolute Gasteiger partial charge is 0.126 e. The summed E-state index contributed by atoms with van der Waals surface area (Å²) in [5.41, 5.74) is 6.84. The summed E-state index contributed by atoms with van der Waals surface area (Å²) in [6, 6.07) is 5.16. The molecule has 17 heavy (non-hydrogen) atoms. The highest BCUT2D eigenvalue weighted by molar-refractivity contribution is 9.10. The summed E-state index contributed by atoms with van der Waals surface area (Å²) in [5, 5.41) is 0. The normalized spacial score (nSPS) is 28.6. The van der Waals surface area contributed by atoms with E-state index in [1.54, 1.807) is 6.07 Å². The predicted octanol–water partition coefficient (Wildman–Crippen LogP) is 3.90. The average molecular weight is 300 g/mol. The van der Waals surface area contributed by atoms with E-state index in [2.05, 4.69) is 22.9 Å².